The summed E-state index contributed by atoms with van der Waals surface area (Å²) >= 11 is 0. The van der Waals surface area contributed by atoms with Crippen LogP contribution in [0.3, 0.4) is 0 Å². The molecule has 40 heavy (non-hydrogen) atoms. The summed E-state index contributed by atoms with van der Waals surface area (Å²) in [5, 5.41) is 3.37. The Morgan fingerprint density at radius 1 is 0.775 bits per heavy atom. The zero-order valence-corrected chi connectivity index (χ0v) is 23.0. The molecular weight excluding hydrogens is 502 g/mol. The highest BCUT2D eigenvalue weighted by Gasteiger charge is 2.17. The topological polar surface area (TPSA) is 98.2 Å². The third-order valence-corrected chi connectivity index (χ3v) is 6.27. The van der Waals surface area contributed by atoms with Gasteiger partial charge in [-0.3, -0.25) is 4.98 Å². The lowest BCUT2D eigenvalue weighted by Gasteiger charge is -2.24. The van der Waals surface area contributed by atoms with Crippen molar-refractivity contribution in [2.45, 2.75) is 26.9 Å². The second-order valence-corrected chi connectivity index (χ2v) is 9.33. The Labute approximate surface area is 233 Å². The maximum absolute atomic E-state index is 5.34. The molecule has 9 nitrogen and oxygen atoms in total. The molecule has 0 bridgehead atoms. The molecule has 202 valence electrons. The molecule has 3 heterocycles. The van der Waals surface area contributed by atoms with Crippen molar-refractivity contribution in [3.8, 4) is 22.9 Å². The minimum Gasteiger partial charge on any atom is -0.497 e. The molecule has 0 fully saturated rings. The van der Waals surface area contributed by atoms with Crippen LogP contribution in [0.4, 0.5) is 17.5 Å². The fourth-order valence-electron chi connectivity index (χ4n) is 4.27. The smallest absolute Gasteiger partial charge is 0.229 e. The first-order chi connectivity index (χ1) is 19.5. The molecular formula is C31H31N7O2. The Morgan fingerprint density at radius 2 is 1.43 bits per heavy atom. The Bertz CT molecular complexity index is 1520. The number of rotatable bonds is 10. The molecule has 0 spiro atoms. The first-order valence-electron chi connectivity index (χ1n) is 12.9. The molecule has 0 amide bonds. The number of methoxy groups -OCH3 is 2. The van der Waals surface area contributed by atoms with E-state index in [1.807, 2.05) is 86.8 Å². The third kappa shape index (κ3) is 6.50. The van der Waals surface area contributed by atoms with Gasteiger partial charge in [-0.05, 0) is 73.0 Å². The van der Waals surface area contributed by atoms with E-state index in [4.69, 9.17) is 19.4 Å². The molecule has 0 aliphatic carbocycles. The molecule has 0 unspecified atom stereocenters. The lowest BCUT2D eigenvalue weighted by atomic mass is 10.1. The number of ether oxygens (including phenoxy) is 2. The normalized spacial score (nSPS) is 10.7. The van der Waals surface area contributed by atoms with Crippen molar-refractivity contribution < 1.29 is 9.47 Å². The number of nitrogens with one attached hydrogen (secondary N) is 1. The summed E-state index contributed by atoms with van der Waals surface area (Å²) in [6, 6.07) is 21.9. The number of pyridine rings is 2. The summed E-state index contributed by atoms with van der Waals surface area (Å²) in [6.07, 6.45) is 5.32. The summed E-state index contributed by atoms with van der Waals surface area (Å²) in [4.78, 5) is 25.4. The zero-order chi connectivity index (χ0) is 27.9. The van der Waals surface area contributed by atoms with Crippen molar-refractivity contribution in [3.63, 3.8) is 0 Å². The zero-order valence-electron chi connectivity index (χ0n) is 23.0. The van der Waals surface area contributed by atoms with Crippen molar-refractivity contribution >= 4 is 17.5 Å². The van der Waals surface area contributed by atoms with E-state index in [0.717, 1.165) is 39.4 Å². The van der Waals surface area contributed by atoms with Crippen LogP contribution in [0.25, 0.3) is 11.4 Å². The van der Waals surface area contributed by atoms with E-state index >= 15 is 0 Å². The van der Waals surface area contributed by atoms with Crippen molar-refractivity contribution in [1.29, 1.82) is 0 Å². The predicted octanol–water partition coefficient (Wildman–Crippen LogP) is 5.91. The highest BCUT2D eigenvalue weighted by molar-refractivity contribution is 5.74. The van der Waals surface area contributed by atoms with Gasteiger partial charge in [-0.25, -0.2) is 9.97 Å². The molecule has 0 aliphatic rings. The largest absolute Gasteiger partial charge is 0.497 e. The second kappa shape index (κ2) is 12.2. The van der Waals surface area contributed by atoms with Crippen molar-refractivity contribution in [2.75, 3.05) is 24.4 Å². The molecule has 0 saturated carbocycles. The summed E-state index contributed by atoms with van der Waals surface area (Å²) in [5.74, 6) is 3.98. The molecule has 1 N–H and O–H groups in total. The van der Waals surface area contributed by atoms with Gasteiger partial charge < -0.3 is 19.7 Å². The van der Waals surface area contributed by atoms with Crippen LogP contribution >= 0.6 is 0 Å². The van der Waals surface area contributed by atoms with Gasteiger partial charge in [0.2, 0.25) is 5.95 Å². The van der Waals surface area contributed by atoms with Gasteiger partial charge in [0.1, 0.15) is 23.1 Å². The van der Waals surface area contributed by atoms with Gasteiger partial charge in [0.05, 0.1) is 31.7 Å². The SMILES string of the molecule is COc1ccc(CN(Cc2ccc(OC)cc2)c2nc(C)nc(-c3cccnc3Nc3cncc(C)c3)n2)cc1. The first kappa shape index (κ1) is 26.6. The highest BCUT2D eigenvalue weighted by Crippen LogP contribution is 2.28. The molecule has 5 aromatic rings. The van der Waals surface area contributed by atoms with E-state index in [1.54, 1.807) is 26.6 Å². The van der Waals surface area contributed by atoms with E-state index < -0.39 is 0 Å². The van der Waals surface area contributed by atoms with Gasteiger partial charge in [-0.1, -0.05) is 24.3 Å². The summed E-state index contributed by atoms with van der Waals surface area (Å²) in [6.45, 7) is 5.05. The molecule has 0 saturated heterocycles. The number of aromatic nitrogens is 5. The molecule has 5 rings (SSSR count). The maximum atomic E-state index is 5.34. The molecule has 3 aromatic heterocycles. The molecule has 0 radical (unpaired) electrons. The van der Waals surface area contributed by atoms with E-state index in [2.05, 4.69) is 25.2 Å². The van der Waals surface area contributed by atoms with Crippen LogP contribution in [0.2, 0.25) is 0 Å². The van der Waals surface area contributed by atoms with Crippen LogP contribution < -0.4 is 19.7 Å². The van der Waals surface area contributed by atoms with Gasteiger partial charge in [0.25, 0.3) is 0 Å². The number of aryl methyl sites for hydroxylation is 2. The monoisotopic (exact) mass is 533 g/mol. The number of anilines is 3. The van der Waals surface area contributed by atoms with Crippen molar-refractivity contribution in [3.05, 3.63) is 108 Å². The van der Waals surface area contributed by atoms with Crippen LogP contribution in [0.5, 0.6) is 11.5 Å². The van der Waals surface area contributed by atoms with Gasteiger partial charge in [0.15, 0.2) is 5.82 Å². The Hall–Kier alpha value is -5.05. The standard InChI is InChI=1S/C31H31N7O2/c1-21-16-25(18-32-17-21)36-29-28(6-5-15-33-29)30-34-22(2)35-31(37-30)38(19-23-7-11-26(39-3)12-8-23)20-24-9-13-27(40-4)14-10-24/h5-18H,19-20H2,1-4H3,(H,33,36). The van der Waals surface area contributed by atoms with Gasteiger partial charge in [-0.15, -0.1) is 0 Å². The van der Waals surface area contributed by atoms with Crippen LogP contribution in [0, 0.1) is 13.8 Å². The number of benzene rings is 2. The fourth-order valence-corrected chi connectivity index (χ4v) is 4.27. The van der Waals surface area contributed by atoms with Gasteiger partial charge in [0, 0.05) is 25.5 Å². The Kier molecular flexibility index (Phi) is 8.10. The van der Waals surface area contributed by atoms with Crippen LogP contribution in [0.15, 0.2) is 85.3 Å². The number of hydrogen-bond donors (Lipinski definition) is 1. The minimum absolute atomic E-state index is 0.535. The lowest BCUT2D eigenvalue weighted by molar-refractivity contribution is 0.414. The maximum Gasteiger partial charge on any atom is 0.229 e. The summed E-state index contributed by atoms with van der Waals surface area (Å²) < 4.78 is 10.7. The van der Waals surface area contributed by atoms with Crippen molar-refractivity contribution in [2.24, 2.45) is 0 Å². The molecule has 9 heteroatoms. The average Bonchev–Trinajstić information content (AvgIpc) is 2.97. The third-order valence-electron chi connectivity index (χ3n) is 6.27. The second-order valence-electron chi connectivity index (χ2n) is 9.33. The number of hydrogen-bond acceptors (Lipinski definition) is 9. The molecule has 2 aromatic carbocycles. The van der Waals surface area contributed by atoms with Gasteiger partial charge >= 0.3 is 0 Å². The van der Waals surface area contributed by atoms with Crippen LogP contribution in [0.1, 0.15) is 22.5 Å². The quantitative estimate of drug-likeness (QED) is 0.235. The molecule has 0 aliphatic heterocycles. The van der Waals surface area contributed by atoms with E-state index in [0.29, 0.717) is 36.5 Å². The summed E-state index contributed by atoms with van der Waals surface area (Å²) in [7, 11) is 3.33. The van der Waals surface area contributed by atoms with Crippen LogP contribution in [-0.2, 0) is 13.1 Å². The first-order valence-corrected chi connectivity index (χ1v) is 12.9. The van der Waals surface area contributed by atoms with E-state index in [-0.39, 0.29) is 0 Å². The Morgan fingerprint density at radius 3 is 2.02 bits per heavy atom. The molecule has 0 atom stereocenters. The average molecular weight is 534 g/mol. The summed E-state index contributed by atoms with van der Waals surface area (Å²) in [5.41, 5.74) is 4.86. The van der Waals surface area contributed by atoms with E-state index in [1.165, 1.54) is 0 Å². The van der Waals surface area contributed by atoms with Crippen molar-refractivity contribution in [1.82, 2.24) is 24.9 Å². The van der Waals surface area contributed by atoms with Crippen LogP contribution in [-0.4, -0.2) is 39.1 Å². The predicted molar refractivity (Wildman–Crippen MR) is 156 cm³/mol. The highest BCUT2D eigenvalue weighted by atomic mass is 16.5. The fraction of sp³-hybridized carbons (Fsp3) is 0.194. The minimum atomic E-state index is 0.535. The van der Waals surface area contributed by atoms with E-state index in [9.17, 15) is 0 Å². The number of nitrogens with zero attached hydrogens (tertiary/aromatic N) is 6. The Balaban J connectivity index is 1.51. The lowest BCUT2D eigenvalue weighted by Crippen LogP contribution is -2.25. The van der Waals surface area contributed by atoms with Gasteiger partial charge in [-0.2, -0.15) is 9.97 Å².